The Morgan fingerprint density at radius 3 is 1.35 bits per heavy atom. The number of hydrogen-bond donors (Lipinski definition) is 0. The monoisotopic (exact) mass is 1060 g/mol. The Morgan fingerprint density at radius 2 is 0.885 bits per heavy atom. The Balaban J connectivity index is 1.16. The van der Waals surface area contributed by atoms with Crippen LogP contribution in [-0.2, 0) is 21.7 Å². The fraction of sp³-hybridized carbons (Fsp3) is 0.310. The number of imidazole rings is 1. The first-order valence-electron chi connectivity index (χ1n) is 28.4. The van der Waals surface area contributed by atoms with E-state index in [1.54, 1.807) is 0 Å². The van der Waals surface area contributed by atoms with Crippen molar-refractivity contribution >= 4 is 91.8 Å². The summed E-state index contributed by atoms with van der Waals surface area (Å²) in [5.41, 5.74) is 26.5. The topological polar surface area (TPSA) is 24.3 Å². The predicted molar refractivity (Wildman–Crippen MR) is 337 cm³/mol. The Bertz CT molecular complexity index is 3800. The molecule has 0 spiro atoms. The summed E-state index contributed by atoms with van der Waals surface area (Å²) in [4.78, 5) is 16.2. The molecule has 0 amide bonds. The molecule has 4 aliphatic heterocycles. The van der Waals surface area contributed by atoms with Crippen LogP contribution in [0, 0.1) is 0 Å². The molecule has 0 bridgehead atoms. The number of fused-ring (bicyclic) bond motifs is 9. The molecule has 392 valence electrons. The molecule has 0 N–H and O–H groups in total. The molecular weight excluding hydrogens is 984 g/mol. The lowest BCUT2D eigenvalue weighted by atomic mass is 9.33. The van der Waals surface area contributed by atoms with Crippen LogP contribution in [0.4, 0.5) is 34.1 Å². The van der Waals surface area contributed by atoms with Crippen LogP contribution in [0.1, 0.15) is 156 Å². The first kappa shape index (κ1) is 51.1. The van der Waals surface area contributed by atoms with Crippen molar-refractivity contribution in [2.75, 3.05) is 9.80 Å². The molecule has 7 heteroatoms. The van der Waals surface area contributed by atoms with Crippen molar-refractivity contribution in [3.05, 3.63) is 173 Å². The summed E-state index contributed by atoms with van der Waals surface area (Å²) in [6.07, 6.45) is 0. The fourth-order valence-corrected chi connectivity index (χ4v) is 15.0. The van der Waals surface area contributed by atoms with E-state index in [1.807, 2.05) is 23.5 Å². The SMILES string of the molecule is CC(C)c1cccc(C(C)C)c1-n1c(-c2ccccc2)nc2ccc(-c3cc4c5c(c3)N3c6ccc(C(C)(C)C)cc6Sc6cc(C(C)(C)C)cc(c63)B5c3cc(C(C)(C)C)cc5c3N4c3ccc(C(C)(C)C)cc3S5)cc21. The van der Waals surface area contributed by atoms with Crippen LogP contribution in [0.3, 0.4) is 0 Å². The van der Waals surface area contributed by atoms with Crippen molar-refractivity contribution < 1.29 is 0 Å². The van der Waals surface area contributed by atoms with Crippen molar-refractivity contribution in [3.8, 4) is 28.2 Å². The van der Waals surface area contributed by atoms with E-state index in [-0.39, 0.29) is 28.4 Å². The number of aromatic nitrogens is 2. The molecule has 0 saturated heterocycles. The number of para-hydroxylation sites is 1. The maximum Gasteiger partial charge on any atom is 0.252 e. The number of nitrogens with zero attached hydrogens (tertiary/aromatic N) is 4. The fourth-order valence-electron chi connectivity index (χ4n) is 12.6. The van der Waals surface area contributed by atoms with Gasteiger partial charge in [0.2, 0.25) is 0 Å². The molecule has 0 fully saturated rings. The van der Waals surface area contributed by atoms with Gasteiger partial charge in [-0.15, -0.1) is 0 Å². The number of anilines is 6. The summed E-state index contributed by atoms with van der Waals surface area (Å²) in [6, 6.07) is 54.7. The first-order chi connectivity index (χ1) is 36.8. The summed E-state index contributed by atoms with van der Waals surface area (Å²) >= 11 is 3.93. The van der Waals surface area contributed by atoms with E-state index in [2.05, 4.69) is 265 Å². The number of hydrogen-bond acceptors (Lipinski definition) is 5. The molecule has 0 radical (unpaired) electrons. The number of rotatable bonds is 5. The van der Waals surface area contributed by atoms with Gasteiger partial charge in [-0.25, -0.2) is 4.98 Å². The molecule has 4 aliphatic rings. The molecule has 8 aromatic carbocycles. The van der Waals surface area contributed by atoms with Gasteiger partial charge in [-0.05, 0) is 155 Å². The molecule has 1 aromatic heterocycles. The lowest BCUT2D eigenvalue weighted by Gasteiger charge is -2.48. The van der Waals surface area contributed by atoms with E-state index >= 15 is 0 Å². The van der Waals surface area contributed by atoms with Crippen LogP contribution in [0.15, 0.2) is 159 Å². The van der Waals surface area contributed by atoms with E-state index in [0.717, 1.165) is 22.4 Å². The zero-order valence-corrected chi connectivity index (χ0v) is 50.2. The summed E-state index contributed by atoms with van der Waals surface area (Å²) in [5.74, 6) is 1.58. The maximum atomic E-state index is 5.54. The van der Waals surface area contributed by atoms with Crippen molar-refractivity contribution in [1.29, 1.82) is 0 Å². The average Bonchev–Trinajstić information content (AvgIpc) is 3.92. The second kappa shape index (κ2) is 17.5. The largest absolute Gasteiger partial charge is 0.309 e. The molecule has 9 aromatic rings. The summed E-state index contributed by atoms with van der Waals surface area (Å²) in [6.45, 7) is 37.6. The quantitative estimate of drug-likeness (QED) is 0.160. The van der Waals surface area contributed by atoms with Crippen molar-refractivity contribution in [3.63, 3.8) is 0 Å². The molecule has 5 heterocycles. The van der Waals surface area contributed by atoms with E-state index in [0.29, 0.717) is 11.8 Å². The Labute approximate surface area is 473 Å². The lowest BCUT2D eigenvalue weighted by Crippen LogP contribution is -2.62. The molecular formula is C71H73BN4S2. The van der Waals surface area contributed by atoms with Crippen LogP contribution in [0.25, 0.3) is 39.2 Å². The van der Waals surface area contributed by atoms with Gasteiger partial charge in [-0.2, -0.15) is 0 Å². The number of benzene rings is 8. The minimum absolute atomic E-state index is 0.00375. The zero-order valence-electron chi connectivity index (χ0n) is 48.6. The third kappa shape index (κ3) is 7.98. The molecule has 0 unspecified atom stereocenters. The molecule has 0 saturated carbocycles. The summed E-state index contributed by atoms with van der Waals surface area (Å²) in [7, 11) is 0. The summed E-state index contributed by atoms with van der Waals surface area (Å²) < 4.78 is 2.50. The Kier molecular flexibility index (Phi) is 11.5. The second-order valence-corrected chi connectivity index (χ2v) is 29.5. The smallest absolute Gasteiger partial charge is 0.252 e. The highest BCUT2D eigenvalue weighted by Crippen LogP contribution is 2.59. The molecule has 0 aliphatic carbocycles. The van der Waals surface area contributed by atoms with E-state index in [1.165, 1.54) is 120 Å². The summed E-state index contributed by atoms with van der Waals surface area (Å²) in [5, 5.41) is 0. The highest BCUT2D eigenvalue weighted by molar-refractivity contribution is 8.00. The third-order valence-corrected chi connectivity index (χ3v) is 19.2. The van der Waals surface area contributed by atoms with Crippen molar-refractivity contribution in [1.82, 2.24) is 9.55 Å². The van der Waals surface area contributed by atoms with E-state index in [9.17, 15) is 0 Å². The van der Waals surface area contributed by atoms with Crippen LogP contribution in [-0.4, -0.2) is 16.3 Å². The first-order valence-corrected chi connectivity index (χ1v) is 30.0. The van der Waals surface area contributed by atoms with Gasteiger partial charge in [-0.1, -0.05) is 213 Å². The van der Waals surface area contributed by atoms with Gasteiger partial charge in [-0.3, -0.25) is 4.57 Å². The maximum absolute atomic E-state index is 5.54. The van der Waals surface area contributed by atoms with Gasteiger partial charge in [0.1, 0.15) is 5.82 Å². The molecule has 4 nitrogen and oxygen atoms in total. The minimum Gasteiger partial charge on any atom is -0.309 e. The molecule has 13 rings (SSSR count). The van der Waals surface area contributed by atoms with Crippen molar-refractivity contribution in [2.24, 2.45) is 0 Å². The highest BCUT2D eigenvalue weighted by Gasteiger charge is 2.49. The Hall–Kier alpha value is -6.41. The van der Waals surface area contributed by atoms with E-state index in [4.69, 9.17) is 4.98 Å². The van der Waals surface area contributed by atoms with Gasteiger partial charge in [0.15, 0.2) is 0 Å². The highest BCUT2D eigenvalue weighted by atomic mass is 32.2. The van der Waals surface area contributed by atoms with Crippen LogP contribution in [0.2, 0.25) is 0 Å². The zero-order chi connectivity index (χ0) is 54.9. The van der Waals surface area contributed by atoms with Gasteiger partial charge in [0.25, 0.3) is 6.71 Å². The van der Waals surface area contributed by atoms with Crippen LogP contribution in [0.5, 0.6) is 0 Å². The Morgan fingerprint density at radius 1 is 0.410 bits per heavy atom. The molecule has 78 heavy (non-hydrogen) atoms. The standard InChI is InChI=1S/C71H73BN4S2/c1-40(2)49-23-20-24-50(41(3)4)64(49)76-56-31-43(25-28-53(56)73-67(76)42-21-18-17-19-22-42)44-32-57-63-58(33-44)75-55-30-27-46(69(8,9)10)37-60(55)78-62-39-48(71(14,15)16)35-52(66(62)75)72(63)51-34-47(70(11,12)13)38-61-65(51)74(57)54-29-26-45(68(5,6)7)36-59(54)77-61/h17-41H,1-16H3. The van der Waals surface area contributed by atoms with Crippen LogP contribution >= 0.6 is 23.5 Å². The normalized spacial score (nSPS) is 14.5. The van der Waals surface area contributed by atoms with Crippen LogP contribution < -0.4 is 26.2 Å². The third-order valence-electron chi connectivity index (χ3n) is 17.1. The van der Waals surface area contributed by atoms with Crippen molar-refractivity contribution in [2.45, 2.75) is 164 Å². The average molecular weight is 1060 g/mol. The van der Waals surface area contributed by atoms with Gasteiger partial charge in [0, 0.05) is 36.5 Å². The second-order valence-electron chi connectivity index (χ2n) is 27.4. The molecule has 0 atom stereocenters. The van der Waals surface area contributed by atoms with Gasteiger partial charge in [0.05, 0.1) is 39.5 Å². The predicted octanol–water partition coefficient (Wildman–Crippen LogP) is 18.8. The van der Waals surface area contributed by atoms with Gasteiger partial charge < -0.3 is 9.80 Å². The van der Waals surface area contributed by atoms with E-state index < -0.39 is 0 Å². The van der Waals surface area contributed by atoms with Gasteiger partial charge >= 0.3 is 0 Å². The minimum atomic E-state index is -0.0679. The lowest BCUT2D eigenvalue weighted by molar-refractivity contribution is 0.588.